The number of nitrogens with two attached hydrogens (primary N) is 1. The van der Waals surface area contributed by atoms with Gasteiger partial charge in [-0.15, -0.1) is 0 Å². The highest BCUT2D eigenvalue weighted by molar-refractivity contribution is 4.80. The van der Waals surface area contributed by atoms with Crippen LogP contribution in [0.2, 0.25) is 0 Å². The number of hydrogen-bond donors (Lipinski definition) is 1. The first-order chi connectivity index (χ1) is 6.53. The summed E-state index contributed by atoms with van der Waals surface area (Å²) in [4.78, 5) is 2.61. The third-order valence-corrected chi connectivity index (χ3v) is 3.21. The molecule has 1 saturated heterocycles. The average molecular weight is 198 g/mol. The van der Waals surface area contributed by atoms with Crippen LogP contribution < -0.4 is 5.73 Å². The summed E-state index contributed by atoms with van der Waals surface area (Å²) < 4.78 is 0. The summed E-state index contributed by atoms with van der Waals surface area (Å²) >= 11 is 0. The molecule has 0 bridgehead atoms. The molecule has 1 heterocycles. The number of rotatable bonds is 4. The van der Waals surface area contributed by atoms with Gasteiger partial charge in [0.05, 0.1) is 0 Å². The van der Waals surface area contributed by atoms with Gasteiger partial charge in [0.2, 0.25) is 0 Å². The van der Waals surface area contributed by atoms with E-state index in [2.05, 4.69) is 25.7 Å². The van der Waals surface area contributed by atoms with Crippen LogP contribution in [0.4, 0.5) is 0 Å². The fraction of sp³-hybridized carbons (Fsp3) is 1.00. The van der Waals surface area contributed by atoms with Crippen LogP contribution in [0.1, 0.15) is 40.0 Å². The SMILES string of the molecule is CC(CCN)CN1CCCC(C)(C)C1. The average Bonchev–Trinajstić information content (AvgIpc) is 2.02. The Balaban J connectivity index is 2.30. The molecule has 0 aromatic rings. The molecule has 0 aliphatic carbocycles. The summed E-state index contributed by atoms with van der Waals surface area (Å²) in [5.41, 5.74) is 6.10. The van der Waals surface area contributed by atoms with Gasteiger partial charge in [0, 0.05) is 13.1 Å². The van der Waals surface area contributed by atoms with Crippen LogP contribution in [-0.4, -0.2) is 31.1 Å². The van der Waals surface area contributed by atoms with E-state index in [4.69, 9.17) is 5.73 Å². The summed E-state index contributed by atoms with van der Waals surface area (Å²) in [5.74, 6) is 0.758. The zero-order chi connectivity index (χ0) is 10.6. The number of nitrogens with zero attached hydrogens (tertiary/aromatic N) is 1. The van der Waals surface area contributed by atoms with Crippen molar-refractivity contribution in [1.29, 1.82) is 0 Å². The molecule has 1 unspecified atom stereocenters. The van der Waals surface area contributed by atoms with Crippen LogP contribution in [0.3, 0.4) is 0 Å². The maximum Gasteiger partial charge on any atom is 0.00328 e. The molecular formula is C12H26N2. The number of piperidine rings is 1. The maximum absolute atomic E-state index is 5.57. The molecule has 0 amide bonds. The normalized spacial score (nSPS) is 24.9. The summed E-state index contributed by atoms with van der Waals surface area (Å²) in [7, 11) is 0. The van der Waals surface area contributed by atoms with Crippen molar-refractivity contribution in [2.75, 3.05) is 26.2 Å². The van der Waals surface area contributed by atoms with Crippen molar-refractivity contribution >= 4 is 0 Å². The van der Waals surface area contributed by atoms with Gasteiger partial charge in [-0.1, -0.05) is 20.8 Å². The van der Waals surface area contributed by atoms with E-state index in [1.165, 1.54) is 32.5 Å². The van der Waals surface area contributed by atoms with Gasteiger partial charge in [0.1, 0.15) is 0 Å². The van der Waals surface area contributed by atoms with E-state index in [9.17, 15) is 0 Å². The molecule has 14 heavy (non-hydrogen) atoms. The molecule has 1 aliphatic rings. The van der Waals surface area contributed by atoms with E-state index in [0.717, 1.165) is 18.9 Å². The third-order valence-electron chi connectivity index (χ3n) is 3.21. The second-order valence-corrected chi connectivity index (χ2v) is 5.69. The first kappa shape index (κ1) is 12.0. The topological polar surface area (TPSA) is 29.3 Å². The van der Waals surface area contributed by atoms with Gasteiger partial charge in [-0.05, 0) is 43.7 Å². The van der Waals surface area contributed by atoms with E-state index in [1.807, 2.05) is 0 Å². The Morgan fingerprint density at radius 2 is 2.14 bits per heavy atom. The minimum Gasteiger partial charge on any atom is -0.330 e. The first-order valence-corrected chi connectivity index (χ1v) is 5.96. The molecule has 0 spiro atoms. The molecule has 2 N–H and O–H groups in total. The Hall–Kier alpha value is -0.0800. The van der Waals surface area contributed by atoms with E-state index in [1.54, 1.807) is 0 Å². The molecule has 0 radical (unpaired) electrons. The van der Waals surface area contributed by atoms with Gasteiger partial charge in [0.25, 0.3) is 0 Å². The van der Waals surface area contributed by atoms with Gasteiger partial charge < -0.3 is 10.6 Å². The van der Waals surface area contributed by atoms with E-state index in [-0.39, 0.29) is 0 Å². The molecule has 84 valence electrons. The Kier molecular flexibility index (Phi) is 4.39. The molecule has 1 aliphatic heterocycles. The summed E-state index contributed by atoms with van der Waals surface area (Å²) in [6.45, 7) is 11.7. The summed E-state index contributed by atoms with van der Waals surface area (Å²) in [5, 5.41) is 0. The van der Waals surface area contributed by atoms with Gasteiger partial charge in [-0.3, -0.25) is 0 Å². The van der Waals surface area contributed by atoms with E-state index >= 15 is 0 Å². The van der Waals surface area contributed by atoms with Crippen LogP contribution >= 0.6 is 0 Å². The summed E-state index contributed by atoms with van der Waals surface area (Å²) in [6, 6.07) is 0. The standard InChI is InChI=1S/C12H26N2/c1-11(5-7-13)9-14-8-4-6-12(2,3)10-14/h11H,4-10,13H2,1-3H3. The predicted octanol–water partition coefficient (Wildman–Crippen LogP) is 2.09. The lowest BCUT2D eigenvalue weighted by atomic mass is 9.84. The minimum absolute atomic E-state index is 0.528. The second-order valence-electron chi connectivity index (χ2n) is 5.69. The lowest BCUT2D eigenvalue weighted by molar-refractivity contribution is 0.103. The van der Waals surface area contributed by atoms with Crippen LogP contribution in [-0.2, 0) is 0 Å². The fourth-order valence-corrected chi connectivity index (χ4v) is 2.52. The van der Waals surface area contributed by atoms with Crippen LogP contribution in [0, 0.1) is 11.3 Å². The van der Waals surface area contributed by atoms with E-state index < -0.39 is 0 Å². The molecule has 0 aromatic heterocycles. The Bertz CT molecular complexity index is 166. The fourth-order valence-electron chi connectivity index (χ4n) is 2.52. The first-order valence-electron chi connectivity index (χ1n) is 5.96. The van der Waals surface area contributed by atoms with E-state index in [0.29, 0.717) is 5.41 Å². The smallest absolute Gasteiger partial charge is 0.00328 e. The predicted molar refractivity (Wildman–Crippen MR) is 62.3 cm³/mol. The Labute approximate surface area is 88.8 Å². The van der Waals surface area contributed by atoms with Gasteiger partial charge in [-0.2, -0.15) is 0 Å². The summed E-state index contributed by atoms with van der Waals surface area (Å²) in [6.07, 6.45) is 3.91. The number of likely N-dealkylation sites (tertiary alicyclic amines) is 1. The quantitative estimate of drug-likeness (QED) is 0.749. The van der Waals surface area contributed by atoms with Gasteiger partial charge in [-0.25, -0.2) is 0 Å². The molecule has 2 heteroatoms. The molecule has 2 nitrogen and oxygen atoms in total. The lowest BCUT2D eigenvalue weighted by Gasteiger charge is -2.39. The van der Waals surface area contributed by atoms with Crippen LogP contribution in [0.25, 0.3) is 0 Å². The zero-order valence-corrected chi connectivity index (χ0v) is 10.1. The van der Waals surface area contributed by atoms with Crippen molar-refractivity contribution in [3.05, 3.63) is 0 Å². The molecule has 0 aromatic carbocycles. The molecule has 1 atom stereocenters. The highest BCUT2D eigenvalue weighted by atomic mass is 15.1. The van der Waals surface area contributed by atoms with Crippen molar-refractivity contribution in [3.8, 4) is 0 Å². The molecular weight excluding hydrogens is 172 g/mol. The van der Waals surface area contributed by atoms with Crippen molar-refractivity contribution < 1.29 is 0 Å². The van der Waals surface area contributed by atoms with Crippen molar-refractivity contribution in [2.24, 2.45) is 17.1 Å². The van der Waals surface area contributed by atoms with Crippen molar-refractivity contribution in [3.63, 3.8) is 0 Å². The largest absolute Gasteiger partial charge is 0.330 e. The minimum atomic E-state index is 0.528. The number of hydrogen-bond acceptors (Lipinski definition) is 2. The highest BCUT2D eigenvalue weighted by Gasteiger charge is 2.26. The Morgan fingerprint density at radius 3 is 2.71 bits per heavy atom. The van der Waals surface area contributed by atoms with Crippen molar-refractivity contribution in [2.45, 2.75) is 40.0 Å². The van der Waals surface area contributed by atoms with Crippen molar-refractivity contribution in [1.82, 2.24) is 4.90 Å². The monoisotopic (exact) mass is 198 g/mol. The maximum atomic E-state index is 5.57. The Morgan fingerprint density at radius 1 is 1.43 bits per heavy atom. The van der Waals surface area contributed by atoms with Crippen LogP contribution in [0.5, 0.6) is 0 Å². The van der Waals surface area contributed by atoms with Gasteiger partial charge in [0.15, 0.2) is 0 Å². The van der Waals surface area contributed by atoms with Gasteiger partial charge >= 0.3 is 0 Å². The second kappa shape index (κ2) is 5.13. The molecule has 0 saturated carbocycles. The molecule has 1 fully saturated rings. The zero-order valence-electron chi connectivity index (χ0n) is 10.1. The highest BCUT2D eigenvalue weighted by Crippen LogP contribution is 2.28. The van der Waals surface area contributed by atoms with Crippen LogP contribution in [0.15, 0.2) is 0 Å². The molecule has 1 rings (SSSR count). The third kappa shape index (κ3) is 3.97. The lowest BCUT2D eigenvalue weighted by Crippen LogP contribution is -2.42.